The van der Waals surface area contributed by atoms with Gasteiger partial charge in [0.15, 0.2) is 4.98 Å². The summed E-state index contributed by atoms with van der Waals surface area (Å²) >= 11 is 2.52. The molecule has 0 heterocycles. The van der Waals surface area contributed by atoms with Crippen molar-refractivity contribution < 1.29 is 26.8 Å². The summed E-state index contributed by atoms with van der Waals surface area (Å²) < 4.78 is 10.9. The Labute approximate surface area is 132 Å². The molecule has 0 saturated carbocycles. The Morgan fingerprint density at radius 2 is 1.74 bits per heavy atom. The van der Waals surface area contributed by atoms with Crippen molar-refractivity contribution >= 4 is 27.1 Å². The van der Waals surface area contributed by atoms with Crippen molar-refractivity contribution in [3.63, 3.8) is 0 Å². The summed E-state index contributed by atoms with van der Waals surface area (Å²) in [4.78, 5) is 4.22. The molecule has 0 spiro atoms. The molecular weight excluding hydrogens is 337 g/mol. The second-order valence-electron chi connectivity index (χ2n) is 3.17. The van der Waals surface area contributed by atoms with Gasteiger partial charge in [-0.1, -0.05) is 6.92 Å². The molecule has 19 heavy (non-hydrogen) atoms. The third-order valence-corrected chi connectivity index (χ3v) is 2.95. The van der Waals surface area contributed by atoms with E-state index < -0.39 is 0 Å². The first kappa shape index (κ1) is 18.5. The fraction of sp³-hybridized carbons (Fsp3) is 0.500. The number of benzene rings is 1. The second kappa shape index (κ2) is 11.3. The number of nitrogens with zero attached hydrogens (tertiary/aromatic N) is 2. The fourth-order valence-electron chi connectivity index (χ4n) is 1.42. The van der Waals surface area contributed by atoms with Crippen molar-refractivity contribution in [2.45, 2.75) is 25.7 Å². The average molecular weight is 354 g/mol. The van der Waals surface area contributed by atoms with Crippen LogP contribution in [0.5, 0.6) is 11.5 Å². The zero-order chi connectivity index (χ0) is 14.7. The van der Waals surface area contributed by atoms with Gasteiger partial charge in [-0.15, -0.1) is 11.8 Å². The van der Waals surface area contributed by atoms with E-state index in [0.717, 1.165) is 33.7 Å². The first-order valence-corrected chi connectivity index (χ1v) is 10.8. The van der Waals surface area contributed by atoms with Crippen LogP contribution in [-0.2, 0) is 17.3 Å². The second-order valence-corrected chi connectivity index (χ2v) is 4.47. The van der Waals surface area contributed by atoms with Gasteiger partial charge in [-0.05, 0) is 19.6 Å². The van der Waals surface area contributed by atoms with E-state index in [1.54, 1.807) is 17.8 Å². The van der Waals surface area contributed by atoms with Gasteiger partial charge in [0.1, 0.15) is 5.75 Å². The summed E-state index contributed by atoms with van der Waals surface area (Å²) in [6, 6.07) is 3.56. The summed E-state index contributed by atoms with van der Waals surface area (Å²) in [7, 11) is 4.76. The quantitative estimate of drug-likeness (QED) is 0.420. The molecule has 102 valence electrons. The Morgan fingerprint density at radius 1 is 1.16 bits per heavy atom. The van der Waals surface area contributed by atoms with E-state index in [4.69, 9.17) is 24.6 Å². The molecule has 0 aliphatic heterocycles. The molecule has 0 unspecified atom stereocenters. The Kier molecular flexibility index (Phi) is 11.0. The van der Waals surface area contributed by atoms with Crippen LogP contribution in [0.25, 0.3) is 4.98 Å². The van der Waals surface area contributed by atoms with Crippen LogP contribution in [-0.4, -0.2) is 19.0 Å². The van der Waals surface area contributed by atoms with Crippen molar-refractivity contribution in [1.82, 2.24) is 0 Å². The molecule has 0 radical (unpaired) electrons. The SMILES string of the molecule is CCOc1cc(SCC)c(OCC)cc1[N+]#N.[Cl][Zn-]. The van der Waals surface area contributed by atoms with E-state index in [2.05, 4.69) is 11.9 Å². The van der Waals surface area contributed by atoms with Crippen molar-refractivity contribution in [3.05, 3.63) is 17.1 Å². The maximum atomic E-state index is 8.94. The molecule has 7 heteroatoms. The first-order chi connectivity index (χ1) is 9.26. The first-order valence-electron chi connectivity index (χ1n) is 5.95. The molecule has 1 aromatic rings. The summed E-state index contributed by atoms with van der Waals surface area (Å²) in [6.07, 6.45) is 0. The van der Waals surface area contributed by atoms with Crippen LogP contribution in [0.1, 0.15) is 20.8 Å². The number of diazo groups is 1. The van der Waals surface area contributed by atoms with Crippen LogP contribution >= 0.6 is 21.5 Å². The average Bonchev–Trinajstić information content (AvgIpc) is 2.44. The van der Waals surface area contributed by atoms with Gasteiger partial charge >= 0.3 is 32.7 Å². The monoisotopic (exact) mass is 352 g/mol. The van der Waals surface area contributed by atoms with Gasteiger partial charge in [-0.3, -0.25) is 0 Å². The number of hydrogen-bond acceptors (Lipinski definition) is 4. The molecule has 0 amide bonds. The summed E-state index contributed by atoms with van der Waals surface area (Å²) in [6.45, 7) is 7.00. The molecule has 4 nitrogen and oxygen atoms in total. The summed E-state index contributed by atoms with van der Waals surface area (Å²) in [5.74, 6) is 2.26. The van der Waals surface area contributed by atoms with Crippen molar-refractivity contribution in [3.8, 4) is 11.5 Å². The van der Waals surface area contributed by atoms with Crippen molar-refractivity contribution in [2.24, 2.45) is 0 Å². The molecular formula is C12H17ClN2O2SZn. The minimum atomic E-state index is 0.399. The molecule has 1 rings (SSSR count). The fourth-order valence-corrected chi connectivity index (χ4v) is 2.18. The molecule has 0 bridgehead atoms. The van der Waals surface area contributed by atoms with Gasteiger partial charge in [0.25, 0.3) is 0 Å². The van der Waals surface area contributed by atoms with E-state index in [1.165, 1.54) is 0 Å². The molecule has 1 aromatic carbocycles. The topological polar surface area (TPSA) is 46.6 Å². The van der Waals surface area contributed by atoms with E-state index >= 15 is 0 Å². The van der Waals surface area contributed by atoms with Gasteiger partial charge in [-0.2, -0.15) is 0 Å². The Hall–Kier alpha value is -0.497. The molecule has 0 aromatic heterocycles. The van der Waals surface area contributed by atoms with Gasteiger partial charge in [0, 0.05) is 6.07 Å². The molecule has 0 aliphatic rings. The van der Waals surface area contributed by atoms with E-state index in [9.17, 15) is 0 Å². The van der Waals surface area contributed by atoms with Crippen LogP contribution in [0.2, 0.25) is 0 Å². The number of rotatable bonds is 6. The number of halogens is 1. The maximum absolute atomic E-state index is 8.94. The van der Waals surface area contributed by atoms with E-state index in [-0.39, 0.29) is 0 Å². The Balaban J connectivity index is 0.00000154. The minimum absolute atomic E-state index is 0.399. The van der Waals surface area contributed by atoms with E-state index in [1.807, 2.05) is 19.9 Å². The zero-order valence-corrected chi connectivity index (χ0v) is 16.0. The Bertz CT molecular complexity index is 427. The number of hydrogen-bond donors (Lipinski definition) is 0. The predicted molar refractivity (Wildman–Crippen MR) is 75.8 cm³/mol. The number of ether oxygens (including phenoxy) is 2. The Morgan fingerprint density at radius 3 is 2.21 bits per heavy atom. The van der Waals surface area contributed by atoms with Crippen molar-refractivity contribution in [2.75, 3.05) is 19.0 Å². The van der Waals surface area contributed by atoms with Gasteiger partial charge in [-0.25, -0.2) is 0 Å². The molecule has 0 N–H and O–H groups in total. The third kappa shape index (κ3) is 5.99. The predicted octanol–water partition coefficient (Wildman–Crippen LogP) is 4.77. The van der Waals surface area contributed by atoms with Crippen LogP contribution in [0.3, 0.4) is 0 Å². The molecule has 0 aliphatic carbocycles. The van der Waals surface area contributed by atoms with Crippen LogP contribution in [0, 0.1) is 5.39 Å². The number of thioether (sulfide) groups is 1. The summed E-state index contributed by atoms with van der Waals surface area (Å²) in [5, 5.41) is 8.94. The summed E-state index contributed by atoms with van der Waals surface area (Å²) in [5.41, 5.74) is 0.399. The normalized spacial score (nSPS) is 8.95. The van der Waals surface area contributed by atoms with Gasteiger partial charge in [0.2, 0.25) is 11.1 Å². The zero-order valence-electron chi connectivity index (χ0n) is 11.5. The van der Waals surface area contributed by atoms with Crippen molar-refractivity contribution in [1.29, 1.82) is 5.39 Å². The molecule has 0 fully saturated rings. The van der Waals surface area contributed by atoms with Crippen LogP contribution in [0.4, 0.5) is 5.69 Å². The van der Waals surface area contributed by atoms with Crippen LogP contribution < -0.4 is 9.47 Å². The van der Waals surface area contributed by atoms with Gasteiger partial charge < -0.3 is 9.47 Å². The standard InChI is InChI=1S/C12H17N2O2S.ClH.Zn/c1-4-15-10-8-12(17-6-3)11(16-5-2)7-9(10)14-13;;/h7-8H,4-6H2,1-3H3;1H;/q+1;;/p-1. The van der Waals surface area contributed by atoms with Gasteiger partial charge in [0.05, 0.1) is 24.2 Å². The third-order valence-electron chi connectivity index (χ3n) is 2.03. The molecule has 0 atom stereocenters. The van der Waals surface area contributed by atoms with E-state index in [0.29, 0.717) is 24.7 Å². The molecule has 0 saturated heterocycles. The van der Waals surface area contributed by atoms with Crippen LogP contribution in [0.15, 0.2) is 17.0 Å².